The quantitative estimate of drug-likeness (QED) is 0.481. The maximum absolute atomic E-state index is 12.3. The van der Waals surface area contributed by atoms with Crippen LogP contribution in [0.15, 0.2) is 62.2 Å². The maximum atomic E-state index is 12.3. The molecule has 0 aliphatic carbocycles. The van der Waals surface area contributed by atoms with Gasteiger partial charge in [-0.3, -0.25) is 0 Å². The number of aromatic nitrogens is 2. The van der Waals surface area contributed by atoms with Crippen LogP contribution in [0.4, 0.5) is 0 Å². The van der Waals surface area contributed by atoms with E-state index in [-0.39, 0.29) is 5.63 Å². The zero-order valence-electron chi connectivity index (χ0n) is 11.7. The van der Waals surface area contributed by atoms with Gasteiger partial charge in [0.1, 0.15) is 16.5 Å². The van der Waals surface area contributed by atoms with Crippen LogP contribution in [0.5, 0.6) is 0 Å². The highest BCUT2D eigenvalue weighted by Gasteiger charge is 2.16. The molecule has 0 atom stereocenters. The first-order chi connectivity index (χ1) is 10.6. The van der Waals surface area contributed by atoms with E-state index in [4.69, 9.17) is 4.42 Å². The van der Waals surface area contributed by atoms with Crippen molar-refractivity contribution in [3.05, 3.63) is 69.1 Å². The lowest BCUT2D eigenvalue weighted by Crippen LogP contribution is -2.01. The minimum Gasteiger partial charge on any atom is -0.422 e. The molecule has 2 heterocycles. The topological polar surface area (TPSA) is 48.0 Å². The largest absolute Gasteiger partial charge is 0.422 e. The highest BCUT2D eigenvalue weighted by molar-refractivity contribution is 9.10. The molecular formula is C17H11BrN2O2. The fourth-order valence-corrected chi connectivity index (χ4v) is 3.08. The number of aryl methyl sites for hydroxylation is 1. The van der Waals surface area contributed by atoms with E-state index in [1.165, 1.54) is 0 Å². The monoisotopic (exact) mass is 354 g/mol. The van der Waals surface area contributed by atoms with Crippen LogP contribution >= 0.6 is 15.9 Å². The Morgan fingerprint density at radius 2 is 1.95 bits per heavy atom. The Bertz CT molecular complexity index is 1080. The van der Waals surface area contributed by atoms with Crippen LogP contribution in [0.2, 0.25) is 0 Å². The first kappa shape index (κ1) is 13.3. The summed E-state index contributed by atoms with van der Waals surface area (Å²) in [5.41, 5.74) is 2.54. The van der Waals surface area contributed by atoms with E-state index in [0.29, 0.717) is 16.5 Å². The summed E-state index contributed by atoms with van der Waals surface area (Å²) < 4.78 is 8.15. The number of nitrogens with zero attached hydrogens (tertiary/aromatic N) is 2. The second-order valence-corrected chi connectivity index (χ2v) is 6.00. The van der Waals surface area contributed by atoms with Gasteiger partial charge in [-0.05, 0) is 37.3 Å². The molecule has 0 bridgehead atoms. The van der Waals surface area contributed by atoms with Gasteiger partial charge in [-0.2, -0.15) is 5.10 Å². The SMILES string of the molecule is Cc1c2c(=O)oc3ccccc3c2nn1-c1cccc(Br)c1. The summed E-state index contributed by atoms with van der Waals surface area (Å²) in [7, 11) is 0. The van der Waals surface area contributed by atoms with Crippen molar-refractivity contribution in [1.82, 2.24) is 9.78 Å². The zero-order valence-corrected chi connectivity index (χ0v) is 13.3. The highest BCUT2D eigenvalue weighted by atomic mass is 79.9. The molecule has 2 aromatic heterocycles. The molecular weight excluding hydrogens is 344 g/mol. The van der Waals surface area contributed by atoms with Crippen LogP contribution in [0.25, 0.3) is 27.6 Å². The molecule has 108 valence electrons. The van der Waals surface area contributed by atoms with E-state index in [0.717, 1.165) is 21.2 Å². The Kier molecular flexibility index (Phi) is 2.90. The van der Waals surface area contributed by atoms with Crippen LogP contribution in [0.1, 0.15) is 5.69 Å². The molecule has 22 heavy (non-hydrogen) atoms. The van der Waals surface area contributed by atoms with Gasteiger partial charge in [-0.1, -0.05) is 34.1 Å². The lowest BCUT2D eigenvalue weighted by molar-refractivity contribution is 0.569. The van der Waals surface area contributed by atoms with E-state index in [1.807, 2.05) is 49.4 Å². The molecule has 4 nitrogen and oxygen atoms in total. The Balaban J connectivity index is 2.15. The Labute approximate surface area is 134 Å². The molecule has 0 amide bonds. The van der Waals surface area contributed by atoms with Gasteiger partial charge in [0, 0.05) is 9.86 Å². The van der Waals surface area contributed by atoms with Crippen molar-refractivity contribution in [2.45, 2.75) is 6.92 Å². The van der Waals surface area contributed by atoms with Gasteiger partial charge < -0.3 is 4.42 Å². The second-order valence-electron chi connectivity index (χ2n) is 5.09. The molecule has 0 spiro atoms. The molecule has 0 unspecified atom stereocenters. The average molecular weight is 355 g/mol. The standard InChI is InChI=1S/C17H11BrN2O2/c1-10-15-16(13-7-2-3-8-14(13)22-17(15)21)19-20(10)12-6-4-5-11(18)9-12/h2-9H,1H3. The highest BCUT2D eigenvalue weighted by Crippen LogP contribution is 2.26. The number of hydrogen-bond acceptors (Lipinski definition) is 3. The minimum absolute atomic E-state index is 0.354. The van der Waals surface area contributed by atoms with Crippen molar-refractivity contribution in [2.75, 3.05) is 0 Å². The molecule has 2 aromatic carbocycles. The Morgan fingerprint density at radius 1 is 1.14 bits per heavy atom. The number of para-hydroxylation sites is 1. The van der Waals surface area contributed by atoms with Crippen LogP contribution in [0, 0.1) is 6.92 Å². The number of hydrogen-bond donors (Lipinski definition) is 0. The summed E-state index contributed by atoms with van der Waals surface area (Å²) in [5.74, 6) is 0. The molecule has 5 heteroatoms. The number of fused-ring (bicyclic) bond motifs is 3. The van der Waals surface area contributed by atoms with Crippen molar-refractivity contribution in [3.8, 4) is 5.69 Å². The lowest BCUT2D eigenvalue weighted by atomic mass is 10.2. The molecule has 0 saturated heterocycles. The van der Waals surface area contributed by atoms with Gasteiger partial charge in [0.05, 0.1) is 11.4 Å². The zero-order chi connectivity index (χ0) is 15.3. The fourth-order valence-electron chi connectivity index (χ4n) is 2.70. The lowest BCUT2D eigenvalue weighted by Gasteiger charge is -2.03. The minimum atomic E-state index is -0.354. The average Bonchev–Trinajstić information content (AvgIpc) is 2.86. The third kappa shape index (κ3) is 1.89. The summed E-state index contributed by atoms with van der Waals surface area (Å²) in [6, 6.07) is 15.3. The predicted octanol–water partition coefficient (Wildman–Crippen LogP) is 4.20. The summed E-state index contributed by atoms with van der Waals surface area (Å²) in [5, 5.41) is 6.02. The van der Waals surface area contributed by atoms with Crippen molar-refractivity contribution < 1.29 is 4.42 Å². The fraction of sp³-hybridized carbons (Fsp3) is 0.0588. The molecule has 0 N–H and O–H groups in total. The van der Waals surface area contributed by atoms with Gasteiger partial charge in [0.2, 0.25) is 0 Å². The van der Waals surface area contributed by atoms with Crippen molar-refractivity contribution in [2.24, 2.45) is 0 Å². The summed E-state index contributed by atoms with van der Waals surface area (Å²) in [6.45, 7) is 1.88. The van der Waals surface area contributed by atoms with Crippen molar-refractivity contribution in [3.63, 3.8) is 0 Å². The predicted molar refractivity (Wildman–Crippen MR) is 89.5 cm³/mol. The molecule has 0 fully saturated rings. The molecule has 4 aromatic rings. The second kappa shape index (κ2) is 4.81. The van der Waals surface area contributed by atoms with E-state index in [2.05, 4.69) is 21.0 Å². The van der Waals surface area contributed by atoms with Gasteiger partial charge in [0.15, 0.2) is 0 Å². The van der Waals surface area contributed by atoms with E-state index in [9.17, 15) is 4.79 Å². The van der Waals surface area contributed by atoms with E-state index >= 15 is 0 Å². The summed E-state index contributed by atoms with van der Waals surface area (Å²) in [4.78, 5) is 12.3. The number of halogens is 1. The van der Waals surface area contributed by atoms with E-state index in [1.54, 1.807) is 10.7 Å². The van der Waals surface area contributed by atoms with Crippen LogP contribution < -0.4 is 5.63 Å². The summed E-state index contributed by atoms with van der Waals surface area (Å²) >= 11 is 3.46. The van der Waals surface area contributed by atoms with Crippen molar-refractivity contribution >= 4 is 37.8 Å². The van der Waals surface area contributed by atoms with Gasteiger partial charge in [0.25, 0.3) is 0 Å². The molecule has 0 aliphatic heterocycles. The Hall–Kier alpha value is -2.40. The van der Waals surface area contributed by atoms with Gasteiger partial charge >= 0.3 is 5.63 Å². The number of rotatable bonds is 1. The van der Waals surface area contributed by atoms with Crippen LogP contribution in [-0.4, -0.2) is 9.78 Å². The third-order valence-corrected chi connectivity index (χ3v) is 4.21. The first-order valence-electron chi connectivity index (χ1n) is 6.82. The van der Waals surface area contributed by atoms with Crippen molar-refractivity contribution in [1.29, 1.82) is 0 Å². The number of benzene rings is 2. The first-order valence-corrected chi connectivity index (χ1v) is 7.61. The van der Waals surface area contributed by atoms with Gasteiger partial charge in [-0.25, -0.2) is 9.48 Å². The smallest absolute Gasteiger partial charge is 0.347 e. The maximum Gasteiger partial charge on any atom is 0.347 e. The Morgan fingerprint density at radius 3 is 2.77 bits per heavy atom. The molecule has 0 aliphatic rings. The van der Waals surface area contributed by atoms with Gasteiger partial charge in [-0.15, -0.1) is 0 Å². The molecule has 0 saturated carbocycles. The summed E-state index contributed by atoms with van der Waals surface area (Å²) in [6.07, 6.45) is 0. The molecule has 4 rings (SSSR count). The van der Waals surface area contributed by atoms with E-state index < -0.39 is 0 Å². The van der Waals surface area contributed by atoms with Crippen LogP contribution in [-0.2, 0) is 0 Å². The normalized spacial score (nSPS) is 11.4. The molecule has 0 radical (unpaired) electrons. The van der Waals surface area contributed by atoms with Crippen LogP contribution in [0.3, 0.4) is 0 Å². The third-order valence-electron chi connectivity index (χ3n) is 3.72.